The molecule has 0 unspecified atom stereocenters. The average Bonchev–Trinajstić information content (AvgIpc) is 2.66. The maximum absolute atomic E-state index is 5.85. The number of aliphatic imine (C=N–C) groups is 1. The standard InChI is InChI=1S/C20H27ClN4O2.HI/c1-4-22-20(24-13-16-6-8-19(21)23-12-16)25-14-17-7-5-15(2)11-18(17)27-10-9-26-3;/h5-8,11-12H,4,9-10,13-14H2,1-3H3,(H2,22,24,25);1H. The summed E-state index contributed by atoms with van der Waals surface area (Å²) in [6, 6.07) is 9.86. The minimum atomic E-state index is 0. The van der Waals surface area contributed by atoms with Crippen molar-refractivity contribution in [3.63, 3.8) is 0 Å². The third kappa shape index (κ3) is 8.62. The molecule has 0 aliphatic heterocycles. The van der Waals surface area contributed by atoms with Gasteiger partial charge < -0.3 is 20.1 Å². The third-order valence-electron chi connectivity index (χ3n) is 3.77. The van der Waals surface area contributed by atoms with E-state index in [1.807, 2.05) is 26.0 Å². The minimum Gasteiger partial charge on any atom is -0.491 e. The third-order valence-corrected chi connectivity index (χ3v) is 3.99. The van der Waals surface area contributed by atoms with Gasteiger partial charge in [-0.2, -0.15) is 0 Å². The molecule has 0 spiro atoms. The molecule has 28 heavy (non-hydrogen) atoms. The van der Waals surface area contributed by atoms with Crippen LogP contribution in [-0.4, -0.2) is 37.8 Å². The van der Waals surface area contributed by atoms with Crippen LogP contribution < -0.4 is 15.4 Å². The molecule has 2 rings (SSSR count). The number of ether oxygens (including phenoxy) is 2. The lowest BCUT2D eigenvalue weighted by Gasteiger charge is -2.15. The summed E-state index contributed by atoms with van der Waals surface area (Å²) in [6.45, 7) is 7.05. The van der Waals surface area contributed by atoms with Crippen molar-refractivity contribution in [2.45, 2.75) is 26.9 Å². The van der Waals surface area contributed by atoms with Crippen molar-refractivity contribution in [2.75, 3.05) is 26.9 Å². The number of hydrogen-bond donors (Lipinski definition) is 2. The van der Waals surface area contributed by atoms with E-state index in [1.54, 1.807) is 19.4 Å². The van der Waals surface area contributed by atoms with E-state index in [2.05, 4.69) is 32.7 Å². The molecule has 2 aromatic rings. The van der Waals surface area contributed by atoms with Crippen molar-refractivity contribution in [1.82, 2.24) is 15.6 Å². The van der Waals surface area contributed by atoms with Gasteiger partial charge in [-0.3, -0.25) is 0 Å². The van der Waals surface area contributed by atoms with E-state index in [1.165, 1.54) is 0 Å². The summed E-state index contributed by atoms with van der Waals surface area (Å²) < 4.78 is 10.9. The van der Waals surface area contributed by atoms with Gasteiger partial charge in [0.1, 0.15) is 17.5 Å². The number of benzene rings is 1. The van der Waals surface area contributed by atoms with E-state index >= 15 is 0 Å². The van der Waals surface area contributed by atoms with E-state index in [4.69, 9.17) is 21.1 Å². The Morgan fingerprint density at radius 3 is 2.68 bits per heavy atom. The molecule has 8 heteroatoms. The molecule has 0 aliphatic carbocycles. The van der Waals surface area contributed by atoms with E-state index in [0.717, 1.165) is 34.9 Å². The van der Waals surface area contributed by atoms with Crippen LogP contribution in [-0.2, 0) is 17.8 Å². The fourth-order valence-corrected chi connectivity index (χ4v) is 2.48. The lowest BCUT2D eigenvalue weighted by molar-refractivity contribution is 0.145. The highest BCUT2D eigenvalue weighted by Gasteiger charge is 2.06. The fraction of sp³-hybridized carbons (Fsp3) is 0.400. The van der Waals surface area contributed by atoms with Crippen LogP contribution in [0.4, 0.5) is 0 Å². The maximum Gasteiger partial charge on any atom is 0.191 e. The molecule has 2 N–H and O–H groups in total. The first-order valence-electron chi connectivity index (χ1n) is 8.96. The molecule has 0 saturated heterocycles. The molecule has 0 amide bonds. The zero-order valence-corrected chi connectivity index (χ0v) is 19.6. The average molecular weight is 519 g/mol. The molecule has 0 radical (unpaired) electrons. The van der Waals surface area contributed by atoms with Gasteiger partial charge >= 0.3 is 0 Å². The first-order chi connectivity index (χ1) is 13.1. The predicted octanol–water partition coefficient (Wildman–Crippen LogP) is 3.94. The Kier molecular flexibility index (Phi) is 11.9. The topological polar surface area (TPSA) is 67.8 Å². The highest BCUT2D eigenvalue weighted by molar-refractivity contribution is 14.0. The van der Waals surface area contributed by atoms with E-state index in [-0.39, 0.29) is 24.0 Å². The molecule has 1 heterocycles. The van der Waals surface area contributed by atoms with Crippen molar-refractivity contribution in [1.29, 1.82) is 0 Å². The number of aryl methyl sites for hydroxylation is 1. The zero-order chi connectivity index (χ0) is 19.5. The summed E-state index contributed by atoms with van der Waals surface area (Å²) in [5.74, 6) is 1.59. The quantitative estimate of drug-likeness (QED) is 0.173. The van der Waals surface area contributed by atoms with E-state index in [9.17, 15) is 0 Å². The molecule has 1 aromatic heterocycles. The monoisotopic (exact) mass is 518 g/mol. The van der Waals surface area contributed by atoms with Crippen LogP contribution in [0.1, 0.15) is 23.6 Å². The molecular weight excluding hydrogens is 491 g/mol. The molecule has 0 saturated carbocycles. The molecule has 6 nitrogen and oxygen atoms in total. The van der Waals surface area contributed by atoms with Crippen LogP contribution >= 0.6 is 35.6 Å². The van der Waals surface area contributed by atoms with Crippen LogP contribution in [0.25, 0.3) is 0 Å². The van der Waals surface area contributed by atoms with Gasteiger partial charge in [-0.25, -0.2) is 9.98 Å². The number of rotatable bonds is 9. The molecule has 154 valence electrons. The van der Waals surface area contributed by atoms with Crippen molar-refractivity contribution in [2.24, 2.45) is 4.99 Å². The number of nitrogens with one attached hydrogen (secondary N) is 2. The van der Waals surface area contributed by atoms with Gasteiger partial charge in [0.15, 0.2) is 5.96 Å². The lowest BCUT2D eigenvalue weighted by Crippen LogP contribution is -2.36. The SMILES string of the molecule is CCNC(=NCc1ccc(Cl)nc1)NCc1ccc(C)cc1OCCOC.I. The zero-order valence-electron chi connectivity index (χ0n) is 16.5. The van der Waals surface area contributed by atoms with Crippen molar-refractivity contribution >= 4 is 41.5 Å². The second-order valence-corrected chi connectivity index (χ2v) is 6.38. The van der Waals surface area contributed by atoms with Gasteiger partial charge in [-0.15, -0.1) is 24.0 Å². The second-order valence-electron chi connectivity index (χ2n) is 5.99. The maximum atomic E-state index is 5.85. The van der Waals surface area contributed by atoms with Crippen molar-refractivity contribution < 1.29 is 9.47 Å². The minimum absolute atomic E-state index is 0. The number of halogens is 2. The van der Waals surface area contributed by atoms with Crippen LogP contribution in [0.2, 0.25) is 5.15 Å². The van der Waals surface area contributed by atoms with Gasteiger partial charge in [0.2, 0.25) is 0 Å². The Hall–Kier alpha value is -1.58. The Labute approximate surface area is 189 Å². The number of nitrogens with zero attached hydrogens (tertiary/aromatic N) is 2. The predicted molar refractivity (Wildman–Crippen MR) is 125 cm³/mol. The van der Waals surface area contributed by atoms with Gasteiger partial charge in [0.25, 0.3) is 0 Å². The Morgan fingerprint density at radius 1 is 1.18 bits per heavy atom. The summed E-state index contributed by atoms with van der Waals surface area (Å²) in [6.07, 6.45) is 1.73. The number of hydrogen-bond acceptors (Lipinski definition) is 4. The largest absolute Gasteiger partial charge is 0.491 e. The Balaban J connectivity index is 0.00000392. The Morgan fingerprint density at radius 2 is 2.00 bits per heavy atom. The first kappa shape index (κ1) is 24.5. The lowest BCUT2D eigenvalue weighted by atomic mass is 10.1. The molecule has 0 atom stereocenters. The van der Waals surface area contributed by atoms with Crippen LogP contribution in [0.5, 0.6) is 5.75 Å². The van der Waals surface area contributed by atoms with Gasteiger partial charge in [-0.05, 0) is 37.1 Å². The van der Waals surface area contributed by atoms with Crippen LogP contribution in [0.15, 0.2) is 41.5 Å². The van der Waals surface area contributed by atoms with E-state index < -0.39 is 0 Å². The first-order valence-corrected chi connectivity index (χ1v) is 9.34. The van der Waals surface area contributed by atoms with Gasteiger partial charge in [0, 0.05) is 32.0 Å². The van der Waals surface area contributed by atoms with E-state index in [0.29, 0.717) is 31.5 Å². The van der Waals surface area contributed by atoms with Crippen molar-refractivity contribution in [3.05, 3.63) is 58.4 Å². The normalized spacial score (nSPS) is 10.9. The summed E-state index contributed by atoms with van der Waals surface area (Å²) in [4.78, 5) is 8.68. The summed E-state index contributed by atoms with van der Waals surface area (Å²) in [7, 11) is 1.66. The molecular formula is C20H28ClIN4O2. The smallest absolute Gasteiger partial charge is 0.191 e. The van der Waals surface area contributed by atoms with Crippen LogP contribution in [0.3, 0.4) is 0 Å². The number of methoxy groups -OCH3 is 1. The molecule has 0 fully saturated rings. The van der Waals surface area contributed by atoms with Gasteiger partial charge in [-0.1, -0.05) is 29.8 Å². The van der Waals surface area contributed by atoms with Crippen LogP contribution in [0, 0.1) is 6.92 Å². The molecule has 0 aliphatic rings. The van der Waals surface area contributed by atoms with Gasteiger partial charge in [0.05, 0.1) is 13.2 Å². The Bertz CT molecular complexity index is 741. The van der Waals surface area contributed by atoms with Crippen molar-refractivity contribution in [3.8, 4) is 5.75 Å². The fourth-order valence-electron chi connectivity index (χ4n) is 2.37. The second kappa shape index (κ2) is 13.6. The highest BCUT2D eigenvalue weighted by atomic mass is 127. The number of guanidine groups is 1. The summed E-state index contributed by atoms with van der Waals surface area (Å²) in [5, 5.41) is 7.08. The summed E-state index contributed by atoms with van der Waals surface area (Å²) >= 11 is 5.82. The molecule has 1 aromatic carbocycles. The number of pyridine rings is 1. The number of aromatic nitrogens is 1. The summed E-state index contributed by atoms with van der Waals surface area (Å²) in [5.41, 5.74) is 3.22. The molecule has 0 bridgehead atoms. The highest BCUT2D eigenvalue weighted by Crippen LogP contribution is 2.20.